The normalized spacial score (nSPS) is 9.85. The first-order chi connectivity index (χ1) is 6.07. The summed E-state index contributed by atoms with van der Waals surface area (Å²) in [6.45, 7) is 1.47. The molecule has 0 spiro atoms. The molecule has 1 rings (SSSR count). The molecule has 70 valence electrons. The number of carbonyl (C=O) groups excluding carboxylic acids is 1. The third kappa shape index (κ3) is 2.03. The molecule has 0 unspecified atom stereocenters. The van der Waals surface area contributed by atoms with Crippen molar-refractivity contribution in [3.63, 3.8) is 0 Å². The van der Waals surface area contributed by atoms with Crippen molar-refractivity contribution in [1.29, 1.82) is 0 Å². The molecule has 0 heterocycles. The molecule has 0 aliphatic rings. The molecule has 0 N–H and O–H groups in total. The molecular formula is C9H8BrClO2. The third-order valence-corrected chi connectivity index (χ3v) is 2.90. The summed E-state index contributed by atoms with van der Waals surface area (Å²) in [5, 5.41) is 0.426. The average Bonchev–Trinajstić information content (AvgIpc) is 2.09. The fourth-order valence-corrected chi connectivity index (χ4v) is 1.56. The highest BCUT2D eigenvalue weighted by atomic mass is 79.9. The summed E-state index contributed by atoms with van der Waals surface area (Å²) in [6.07, 6.45) is 0. The van der Waals surface area contributed by atoms with E-state index >= 15 is 0 Å². The topological polar surface area (TPSA) is 26.3 Å². The van der Waals surface area contributed by atoms with Crippen LogP contribution in [0.2, 0.25) is 5.02 Å². The minimum absolute atomic E-state index is 0.0637. The van der Waals surface area contributed by atoms with Gasteiger partial charge in [-0.25, -0.2) is 0 Å². The van der Waals surface area contributed by atoms with Crippen LogP contribution < -0.4 is 4.74 Å². The summed E-state index contributed by atoms with van der Waals surface area (Å²) in [5.74, 6) is 0.356. The number of rotatable bonds is 2. The van der Waals surface area contributed by atoms with Crippen molar-refractivity contribution >= 4 is 33.3 Å². The molecule has 13 heavy (non-hydrogen) atoms. The third-order valence-electron chi connectivity index (χ3n) is 1.63. The fourth-order valence-electron chi connectivity index (χ4n) is 1.01. The number of ether oxygens (including phenoxy) is 1. The van der Waals surface area contributed by atoms with Crippen LogP contribution in [-0.4, -0.2) is 12.9 Å². The lowest BCUT2D eigenvalue weighted by molar-refractivity contribution is 0.101. The van der Waals surface area contributed by atoms with Gasteiger partial charge in [0.15, 0.2) is 5.78 Å². The van der Waals surface area contributed by atoms with Crippen LogP contribution >= 0.6 is 27.5 Å². The molecule has 0 aliphatic carbocycles. The number of hydrogen-bond donors (Lipinski definition) is 0. The molecule has 0 atom stereocenters. The van der Waals surface area contributed by atoms with Crippen LogP contribution in [0.15, 0.2) is 16.6 Å². The van der Waals surface area contributed by atoms with Gasteiger partial charge in [0.05, 0.1) is 17.7 Å². The van der Waals surface area contributed by atoms with Crippen LogP contribution in [0.1, 0.15) is 17.3 Å². The lowest BCUT2D eigenvalue weighted by atomic mass is 10.1. The summed E-state index contributed by atoms with van der Waals surface area (Å²) in [4.78, 5) is 11.1. The Morgan fingerprint density at radius 3 is 2.62 bits per heavy atom. The molecule has 0 aromatic heterocycles. The van der Waals surface area contributed by atoms with Crippen LogP contribution in [0.25, 0.3) is 0 Å². The monoisotopic (exact) mass is 262 g/mol. The number of ketones is 1. The Kier molecular flexibility index (Phi) is 3.33. The van der Waals surface area contributed by atoms with Crippen molar-refractivity contribution in [1.82, 2.24) is 0 Å². The Balaban J connectivity index is 3.38. The van der Waals surface area contributed by atoms with Gasteiger partial charge in [0, 0.05) is 4.47 Å². The van der Waals surface area contributed by atoms with Crippen molar-refractivity contribution in [2.75, 3.05) is 7.11 Å². The molecule has 4 heteroatoms. The van der Waals surface area contributed by atoms with Gasteiger partial charge in [0.25, 0.3) is 0 Å². The summed E-state index contributed by atoms with van der Waals surface area (Å²) in [6, 6.07) is 3.40. The van der Waals surface area contributed by atoms with Gasteiger partial charge in [-0.15, -0.1) is 0 Å². The SMILES string of the molecule is COc1c(C(C)=O)ccc(Br)c1Cl. The van der Waals surface area contributed by atoms with Gasteiger partial charge in [-0.2, -0.15) is 0 Å². The zero-order valence-electron chi connectivity index (χ0n) is 7.23. The van der Waals surface area contributed by atoms with Gasteiger partial charge in [-0.3, -0.25) is 4.79 Å². The Bertz CT molecular complexity index is 350. The van der Waals surface area contributed by atoms with E-state index in [-0.39, 0.29) is 5.78 Å². The molecule has 0 amide bonds. The summed E-state index contributed by atoms with van der Waals surface area (Å²) in [5.41, 5.74) is 0.496. The van der Waals surface area contributed by atoms with E-state index in [1.165, 1.54) is 14.0 Å². The molecular weight excluding hydrogens is 255 g/mol. The maximum atomic E-state index is 11.1. The molecule has 1 aromatic carbocycles. The largest absolute Gasteiger partial charge is 0.494 e. The Morgan fingerprint density at radius 1 is 1.54 bits per heavy atom. The lowest BCUT2D eigenvalue weighted by Gasteiger charge is -2.08. The predicted molar refractivity (Wildman–Crippen MR) is 55.7 cm³/mol. The second-order valence-electron chi connectivity index (χ2n) is 2.50. The van der Waals surface area contributed by atoms with Gasteiger partial charge in [0.1, 0.15) is 5.75 Å². The molecule has 2 nitrogen and oxygen atoms in total. The van der Waals surface area contributed by atoms with E-state index in [0.29, 0.717) is 16.3 Å². The minimum Gasteiger partial charge on any atom is -0.494 e. The summed E-state index contributed by atoms with van der Waals surface area (Å²) in [7, 11) is 1.49. The Morgan fingerprint density at radius 2 is 2.15 bits per heavy atom. The van der Waals surface area contributed by atoms with Crippen molar-refractivity contribution in [3.05, 3.63) is 27.2 Å². The van der Waals surface area contributed by atoms with Crippen LogP contribution in [-0.2, 0) is 0 Å². The fraction of sp³-hybridized carbons (Fsp3) is 0.222. The van der Waals surface area contributed by atoms with Crippen molar-refractivity contribution in [2.24, 2.45) is 0 Å². The summed E-state index contributed by atoms with van der Waals surface area (Å²) < 4.78 is 5.75. The van der Waals surface area contributed by atoms with Crippen molar-refractivity contribution < 1.29 is 9.53 Å². The second-order valence-corrected chi connectivity index (χ2v) is 3.73. The van der Waals surface area contributed by atoms with E-state index in [4.69, 9.17) is 16.3 Å². The van der Waals surface area contributed by atoms with Gasteiger partial charge in [0.2, 0.25) is 0 Å². The number of methoxy groups -OCH3 is 1. The first-order valence-corrected chi connectivity index (χ1v) is 4.78. The summed E-state index contributed by atoms with van der Waals surface area (Å²) >= 11 is 9.17. The molecule has 0 saturated heterocycles. The molecule has 1 aromatic rings. The van der Waals surface area contributed by atoms with Gasteiger partial charge >= 0.3 is 0 Å². The van der Waals surface area contributed by atoms with E-state index in [0.717, 1.165) is 4.47 Å². The standard InChI is InChI=1S/C9H8BrClO2/c1-5(12)6-3-4-7(10)8(11)9(6)13-2/h3-4H,1-2H3. The minimum atomic E-state index is -0.0637. The van der Waals surface area contributed by atoms with Crippen molar-refractivity contribution in [3.8, 4) is 5.75 Å². The highest BCUT2D eigenvalue weighted by molar-refractivity contribution is 9.10. The first-order valence-electron chi connectivity index (χ1n) is 3.61. The molecule has 0 aliphatic heterocycles. The highest BCUT2D eigenvalue weighted by Gasteiger charge is 2.13. The van der Waals surface area contributed by atoms with Crippen LogP contribution in [0.4, 0.5) is 0 Å². The molecule has 0 bridgehead atoms. The van der Waals surface area contributed by atoms with Crippen LogP contribution in [0.5, 0.6) is 5.75 Å². The van der Waals surface area contributed by atoms with E-state index in [1.807, 2.05) is 0 Å². The van der Waals surface area contributed by atoms with E-state index in [1.54, 1.807) is 12.1 Å². The Labute approximate surface area is 90.0 Å². The highest BCUT2D eigenvalue weighted by Crippen LogP contribution is 2.35. The lowest BCUT2D eigenvalue weighted by Crippen LogP contribution is -1.98. The molecule has 0 radical (unpaired) electrons. The Hall–Kier alpha value is -0.540. The zero-order chi connectivity index (χ0) is 10.0. The predicted octanol–water partition coefficient (Wildman–Crippen LogP) is 3.31. The molecule has 0 fully saturated rings. The number of halogens is 2. The van der Waals surface area contributed by atoms with Gasteiger partial charge in [-0.1, -0.05) is 11.6 Å². The van der Waals surface area contributed by atoms with E-state index in [9.17, 15) is 4.79 Å². The van der Waals surface area contributed by atoms with Crippen LogP contribution in [0.3, 0.4) is 0 Å². The van der Waals surface area contributed by atoms with E-state index in [2.05, 4.69) is 15.9 Å². The van der Waals surface area contributed by atoms with Gasteiger partial charge in [-0.05, 0) is 35.0 Å². The van der Waals surface area contributed by atoms with E-state index < -0.39 is 0 Å². The smallest absolute Gasteiger partial charge is 0.163 e. The number of benzene rings is 1. The second kappa shape index (κ2) is 4.11. The van der Waals surface area contributed by atoms with Crippen LogP contribution in [0, 0.1) is 0 Å². The number of Topliss-reactive ketones (excluding diaryl/α,β-unsaturated/α-hetero) is 1. The maximum Gasteiger partial charge on any atom is 0.163 e. The number of carbonyl (C=O) groups is 1. The molecule has 0 saturated carbocycles. The zero-order valence-corrected chi connectivity index (χ0v) is 9.57. The maximum absolute atomic E-state index is 11.1. The average molecular weight is 264 g/mol. The number of hydrogen-bond acceptors (Lipinski definition) is 2. The van der Waals surface area contributed by atoms with Crippen molar-refractivity contribution in [2.45, 2.75) is 6.92 Å². The van der Waals surface area contributed by atoms with Gasteiger partial charge < -0.3 is 4.74 Å². The first kappa shape index (κ1) is 10.5. The quantitative estimate of drug-likeness (QED) is 0.765.